The molecule has 2 amide bonds. The lowest BCUT2D eigenvalue weighted by Gasteiger charge is -2.55. The van der Waals surface area contributed by atoms with Crippen LogP contribution < -0.4 is 5.32 Å². The lowest BCUT2D eigenvalue weighted by atomic mass is 9.54. The number of alkyl carbamates (subject to hydrolysis) is 1. The van der Waals surface area contributed by atoms with Gasteiger partial charge in [0.2, 0.25) is 5.91 Å². The third kappa shape index (κ3) is 2.44. The van der Waals surface area contributed by atoms with Crippen molar-refractivity contribution in [1.82, 2.24) is 5.32 Å². The van der Waals surface area contributed by atoms with Crippen molar-refractivity contribution in [1.29, 1.82) is 5.26 Å². The number of nitrogens with one attached hydrogen (secondary N) is 1. The van der Waals surface area contributed by atoms with Gasteiger partial charge < -0.3 is 4.74 Å². The zero-order chi connectivity index (χ0) is 13.5. The first kappa shape index (κ1) is 12.5. The summed E-state index contributed by atoms with van der Waals surface area (Å²) in [5.41, 5.74) is -0.342. The van der Waals surface area contributed by atoms with Gasteiger partial charge in [-0.15, -0.1) is 0 Å². The molecule has 4 bridgehead atoms. The molecule has 0 aromatic rings. The second-order valence-electron chi connectivity index (χ2n) is 6.37. The molecule has 0 saturated heterocycles. The summed E-state index contributed by atoms with van der Waals surface area (Å²) >= 11 is 0. The van der Waals surface area contributed by atoms with Crippen LogP contribution in [0.4, 0.5) is 4.79 Å². The van der Waals surface area contributed by atoms with Crippen LogP contribution in [0.3, 0.4) is 0 Å². The Morgan fingerprint density at radius 3 is 2.16 bits per heavy atom. The topological polar surface area (TPSA) is 79.2 Å². The van der Waals surface area contributed by atoms with Gasteiger partial charge in [0.15, 0.2) is 0 Å². The van der Waals surface area contributed by atoms with Crippen molar-refractivity contribution in [2.75, 3.05) is 0 Å². The van der Waals surface area contributed by atoms with Crippen molar-refractivity contribution in [2.45, 2.75) is 50.5 Å². The van der Waals surface area contributed by atoms with Gasteiger partial charge in [0, 0.05) is 0 Å². The molecule has 4 saturated carbocycles. The molecular weight excluding hydrogens is 244 g/mol. The number of rotatable bonds is 2. The third-order valence-electron chi connectivity index (χ3n) is 4.77. The number of imide groups is 1. The Labute approximate surface area is 112 Å². The van der Waals surface area contributed by atoms with Gasteiger partial charge in [-0.05, 0) is 56.3 Å². The number of carbonyl (C=O) groups excluding carboxylic acids is 2. The molecule has 0 atom stereocenters. The number of ether oxygens (including phenoxy) is 1. The molecule has 5 nitrogen and oxygen atoms in total. The summed E-state index contributed by atoms with van der Waals surface area (Å²) in [6, 6.07) is 1.71. The average molecular weight is 262 g/mol. The van der Waals surface area contributed by atoms with Crippen LogP contribution in [0, 0.1) is 29.1 Å². The van der Waals surface area contributed by atoms with E-state index in [1.807, 2.05) is 0 Å². The molecule has 1 N–H and O–H groups in total. The van der Waals surface area contributed by atoms with E-state index >= 15 is 0 Å². The monoisotopic (exact) mass is 262 g/mol. The molecule has 0 heterocycles. The summed E-state index contributed by atoms with van der Waals surface area (Å²) in [7, 11) is 0. The van der Waals surface area contributed by atoms with E-state index in [1.165, 1.54) is 19.3 Å². The van der Waals surface area contributed by atoms with Crippen molar-refractivity contribution >= 4 is 12.0 Å². The largest absolute Gasteiger partial charge is 0.443 e. The minimum absolute atomic E-state index is 0.310. The summed E-state index contributed by atoms with van der Waals surface area (Å²) in [4.78, 5) is 23.0. The minimum Gasteiger partial charge on any atom is -0.443 e. The fraction of sp³-hybridized carbons (Fsp3) is 0.786. The van der Waals surface area contributed by atoms with Crippen molar-refractivity contribution < 1.29 is 14.3 Å². The van der Waals surface area contributed by atoms with Gasteiger partial charge >= 0.3 is 6.09 Å². The predicted octanol–water partition coefficient (Wildman–Crippen LogP) is 2.12. The Kier molecular flexibility index (Phi) is 2.96. The van der Waals surface area contributed by atoms with Gasteiger partial charge in [-0.25, -0.2) is 4.79 Å². The van der Waals surface area contributed by atoms with E-state index in [4.69, 9.17) is 10.00 Å². The number of hydrogen-bond acceptors (Lipinski definition) is 4. The fourth-order valence-corrected chi connectivity index (χ4v) is 4.61. The van der Waals surface area contributed by atoms with Gasteiger partial charge in [0.1, 0.15) is 12.0 Å². The fourth-order valence-electron chi connectivity index (χ4n) is 4.61. The number of nitrogens with zero attached hydrogens (tertiary/aromatic N) is 1. The quantitative estimate of drug-likeness (QED) is 0.826. The van der Waals surface area contributed by atoms with Crippen LogP contribution >= 0.6 is 0 Å². The maximum Gasteiger partial charge on any atom is 0.414 e. The van der Waals surface area contributed by atoms with Crippen molar-refractivity contribution in [3.8, 4) is 6.07 Å². The molecule has 0 aromatic heterocycles. The molecule has 19 heavy (non-hydrogen) atoms. The molecule has 4 aliphatic carbocycles. The van der Waals surface area contributed by atoms with Crippen molar-refractivity contribution in [3.05, 3.63) is 0 Å². The summed E-state index contributed by atoms with van der Waals surface area (Å²) in [5, 5.41) is 10.5. The molecule has 102 valence electrons. The predicted molar refractivity (Wildman–Crippen MR) is 65.8 cm³/mol. The van der Waals surface area contributed by atoms with Gasteiger partial charge in [0.05, 0.1) is 6.07 Å². The number of carbonyl (C=O) groups is 2. The third-order valence-corrected chi connectivity index (χ3v) is 4.77. The zero-order valence-electron chi connectivity index (χ0n) is 10.9. The van der Waals surface area contributed by atoms with Gasteiger partial charge in [-0.1, -0.05) is 0 Å². The molecule has 4 rings (SSSR count). The van der Waals surface area contributed by atoms with E-state index in [0.717, 1.165) is 19.3 Å². The van der Waals surface area contributed by atoms with Gasteiger partial charge in [-0.3, -0.25) is 10.1 Å². The van der Waals surface area contributed by atoms with Crippen LogP contribution in [0.5, 0.6) is 0 Å². The first-order valence-electron chi connectivity index (χ1n) is 6.98. The van der Waals surface area contributed by atoms with E-state index < -0.39 is 12.0 Å². The molecule has 5 heteroatoms. The van der Waals surface area contributed by atoms with Crippen LogP contribution in [0.1, 0.15) is 44.9 Å². The van der Waals surface area contributed by atoms with E-state index in [0.29, 0.717) is 17.8 Å². The SMILES string of the molecule is N#CCC(=O)NC(=O)OC12CC3CC(CC(C3)C1)C2. The standard InChI is InChI=1S/C14H18N2O3/c15-2-1-12(17)16-13(18)19-14-6-9-3-10(7-14)5-11(4-9)8-14/h9-11H,1,3-8H2,(H,16,17,18). The molecule has 0 unspecified atom stereocenters. The highest BCUT2D eigenvalue weighted by atomic mass is 16.6. The van der Waals surface area contributed by atoms with Crippen LogP contribution in [-0.2, 0) is 9.53 Å². The minimum atomic E-state index is -0.679. The van der Waals surface area contributed by atoms with Gasteiger partial charge in [-0.2, -0.15) is 5.26 Å². The van der Waals surface area contributed by atoms with E-state index in [2.05, 4.69) is 5.32 Å². The molecular formula is C14H18N2O3. The number of nitriles is 1. The van der Waals surface area contributed by atoms with E-state index in [-0.39, 0.29) is 12.0 Å². The number of amides is 2. The lowest BCUT2D eigenvalue weighted by Crippen LogP contribution is -2.54. The summed E-state index contributed by atoms with van der Waals surface area (Å²) in [6.07, 6.45) is 5.67. The highest BCUT2D eigenvalue weighted by molar-refractivity contribution is 5.92. The van der Waals surface area contributed by atoms with Crippen LogP contribution in [0.15, 0.2) is 0 Å². The molecule has 0 aromatic carbocycles. The van der Waals surface area contributed by atoms with Crippen LogP contribution in [-0.4, -0.2) is 17.6 Å². The molecule has 4 aliphatic rings. The molecule has 0 spiro atoms. The van der Waals surface area contributed by atoms with Crippen molar-refractivity contribution in [3.63, 3.8) is 0 Å². The smallest absolute Gasteiger partial charge is 0.414 e. The Balaban J connectivity index is 1.62. The summed E-state index contributed by atoms with van der Waals surface area (Å²) < 4.78 is 5.59. The first-order valence-corrected chi connectivity index (χ1v) is 6.98. The Bertz CT molecular complexity index is 417. The lowest BCUT2D eigenvalue weighted by molar-refractivity contribution is -0.131. The van der Waals surface area contributed by atoms with Gasteiger partial charge in [0.25, 0.3) is 0 Å². The Morgan fingerprint density at radius 2 is 1.68 bits per heavy atom. The second kappa shape index (κ2) is 4.52. The van der Waals surface area contributed by atoms with Crippen LogP contribution in [0.2, 0.25) is 0 Å². The average Bonchev–Trinajstić information content (AvgIpc) is 2.25. The van der Waals surface area contributed by atoms with Crippen molar-refractivity contribution in [2.24, 2.45) is 17.8 Å². The Hall–Kier alpha value is -1.57. The first-order chi connectivity index (χ1) is 9.08. The van der Waals surface area contributed by atoms with Crippen LogP contribution in [0.25, 0.3) is 0 Å². The normalized spacial score (nSPS) is 38.6. The highest BCUT2D eigenvalue weighted by Gasteiger charge is 2.53. The number of hydrogen-bond donors (Lipinski definition) is 1. The second-order valence-corrected chi connectivity index (χ2v) is 6.37. The maximum absolute atomic E-state index is 11.7. The molecule has 0 radical (unpaired) electrons. The summed E-state index contributed by atoms with van der Waals surface area (Å²) in [5.74, 6) is 1.48. The van der Waals surface area contributed by atoms with E-state index in [1.54, 1.807) is 6.07 Å². The Morgan fingerprint density at radius 1 is 1.16 bits per heavy atom. The van der Waals surface area contributed by atoms with E-state index in [9.17, 15) is 9.59 Å². The maximum atomic E-state index is 11.7. The zero-order valence-corrected chi connectivity index (χ0v) is 10.9. The highest BCUT2D eigenvalue weighted by Crippen LogP contribution is 2.57. The molecule has 4 fully saturated rings. The summed E-state index contributed by atoms with van der Waals surface area (Å²) in [6.45, 7) is 0. The molecule has 0 aliphatic heterocycles.